The van der Waals surface area contributed by atoms with Crippen molar-refractivity contribution >= 4 is 352 Å². The van der Waals surface area contributed by atoms with Crippen LogP contribution >= 0.6 is 247 Å². The third-order valence-electron chi connectivity index (χ3n) is 16.2. The number of alkyl halides is 1. The van der Waals surface area contributed by atoms with Gasteiger partial charge < -0.3 is 61.7 Å². The van der Waals surface area contributed by atoms with Crippen molar-refractivity contribution in [3.05, 3.63) is 326 Å². The van der Waals surface area contributed by atoms with Crippen LogP contribution in [-0.4, -0.2) is 175 Å². The van der Waals surface area contributed by atoms with Gasteiger partial charge in [-0.1, -0.05) is 204 Å². The van der Waals surface area contributed by atoms with Gasteiger partial charge in [-0.05, 0) is 288 Å². The molecule has 2 N–H and O–H groups in total. The van der Waals surface area contributed by atoms with E-state index in [9.17, 15) is 46.8 Å². The van der Waals surface area contributed by atoms with Gasteiger partial charge in [0.2, 0.25) is 0 Å². The number of aromatic amines is 1. The SMILES string of the molecule is CC(=O)SCCc1ccc(Cl)c(Cl)c1.CN(C)C(=O)c1ccc(CCl)cc1.COC(=O)/C(=C/c1ccc(I)cc1Br)N=[N+]=[N-].COC(=O)CN=[N+]=[N-].COC(=O)c1cc2c(Br)cc(I)cc2[nH]1.COC(=O)c1cc2c(Br)cc(I)cc2n1Cc1ccc(C(=O)N(C)C)cc1.CS(=O)(=O)OCCc1ccc(Cl)c(Cl)c1.C[C-]=O.O=Cc1ccc(I)cc1Br.OCCc1ccc(Cl)c(Cl)c1.[K+].[SH-]. The number of methoxy groups -OCH3 is 4. The molecule has 0 aliphatic heterocycles. The molecule has 2 aromatic heterocycles. The smallest absolute Gasteiger partial charge is 0.813 e. The number of thioether (sulfide) groups is 1. The van der Waals surface area contributed by atoms with Gasteiger partial charge in [-0.3, -0.25) is 34.4 Å². The van der Waals surface area contributed by atoms with Gasteiger partial charge in [0.05, 0.1) is 77.0 Å². The second-order valence-electron chi connectivity index (χ2n) is 26.3. The number of benzene rings is 9. The minimum atomic E-state index is -3.37. The number of aldehydes is 1. The molecule has 27 nitrogen and oxygen atoms in total. The Kier molecular flexibility index (Phi) is 68.4. The number of thiol groups is 1. The van der Waals surface area contributed by atoms with Crippen LogP contribution in [0.4, 0.5) is 0 Å². The number of nitrogens with one attached hydrogen (secondary N) is 1. The molecule has 2 heterocycles. The van der Waals surface area contributed by atoms with Crippen molar-refractivity contribution < 1.29 is 131 Å². The van der Waals surface area contributed by atoms with E-state index in [2.05, 4.69) is 198 Å². The fourth-order valence-corrected chi connectivity index (χ4v) is 18.1. The number of esters is 4. The largest absolute Gasteiger partial charge is 1.00 e. The van der Waals surface area contributed by atoms with E-state index in [-0.39, 0.29) is 119 Å². The number of amides is 2. The Bertz CT molecular complexity index is 6080. The molecule has 0 bridgehead atoms. The van der Waals surface area contributed by atoms with E-state index in [1.54, 1.807) is 118 Å². The molecule has 0 unspecified atom stereocenters. The van der Waals surface area contributed by atoms with Crippen LogP contribution in [0.2, 0.25) is 30.1 Å². The van der Waals surface area contributed by atoms with Gasteiger partial charge in [0.25, 0.3) is 21.9 Å². The Morgan fingerprint density at radius 2 is 1.01 bits per heavy atom. The predicted molar refractivity (Wildman–Crippen MR) is 587 cm³/mol. The zero-order valence-electron chi connectivity index (χ0n) is 73.7. The molecule has 0 atom stereocenters. The third kappa shape index (κ3) is 50.7. The Labute approximate surface area is 959 Å². The van der Waals surface area contributed by atoms with Gasteiger partial charge in [-0.15, -0.1) is 11.6 Å². The number of aryl methyl sites for hydroxylation is 1. The van der Waals surface area contributed by atoms with Crippen molar-refractivity contribution in [1.29, 1.82) is 0 Å². The quantitative estimate of drug-likeness (QED) is 0.00505. The monoisotopic (exact) mass is 2770 g/mol. The molecule has 0 aliphatic rings. The first-order chi connectivity index (χ1) is 62.8. The van der Waals surface area contributed by atoms with Gasteiger partial charge in [-0.25, -0.2) is 14.4 Å². The summed E-state index contributed by atoms with van der Waals surface area (Å²) >= 11 is 64.0. The average molecular weight is 2780 g/mol. The molecule has 46 heteroatoms. The molecule has 0 spiro atoms. The normalized spacial score (nSPS) is 10.0. The number of carbonyl (C=O) groups excluding carboxylic acids is 9. The maximum absolute atomic E-state index is 12.3. The van der Waals surface area contributed by atoms with Crippen LogP contribution < -0.4 is 51.4 Å². The molecule has 718 valence electrons. The summed E-state index contributed by atoms with van der Waals surface area (Å²) in [7, 11) is 8.76. The average Bonchev–Trinajstić information content (AvgIpc) is 1.62. The second-order valence-corrected chi connectivity index (χ2v) is 40.3. The van der Waals surface area contributed by atoms with Crippen LogP contribution in [-0.2, 0) is 97.6 Å². The summed E-state index contributed by atoms with van der Waals surface area (Å²) in [6.07, 6.45) is 6.75. The number of azide groups is 2. The molecule has 0 saturated heterocycles. The summed E-state index contributed by atoms with van der Waals surface area (Å²) in [4.78, 5) is 109. The minimum absolute atomic E-state index is 0. The summed E-state index contributed by atoms with van der Waals surface area (Å²) in [5.74, 6) is -0.691. The minimum Gasteiger partial charge on any atom is -0.813 e. The zero-order valence-corrected chi connectivity index (χ0v) is 99.6. The predicted octanol–water partition coefficient (Wildman–Crippen LogP) is 22.9. The van der Waals surface area contributed by atoms with E-state index in [0.717, 1.165) is 112 Å². The Morgan fingerprint density at radius 3 is 1.42 bits per heavy atom. The van der Waals surface area contributed by atoms with E-state index < -0.39 is 22.1 Å². The number of ether oxygens (including phenoxy) is 4. The van der Waals surface area contributed by atoms with Crippen LogP contribution in [0.25, 0.3) is 48.8 Å². The number of carbonyl (C=O) groups is 8. The van der Waals surface area contributed by atoms with E-state index in [0.29, 0.717) is 83.5 Å². The van der Waals surface area contributed by atoms with Crippen molar-refractivity contribution in [3.8, 4) is 0 Å². The number of rotatable bonds is 22. The van der Waals surface area contributed by atoms with Gasteiger partial charge in [0.1, 0.15) is 23.6 Å². The van der Waals surface area contributed by atoms with Crippen molar-refractivity contribution in [2.24, 2.45) is 10.2 Å². The van der Waals surface area contributed by atoms with Crippen molar-refractivity contribution in [2.75, 3.05) is 88.4 Å². The van der Waals surface area contributed by atoms with Crippen LogP contribution in [0.1, 0.15) is 99.3 Å². The summed E-state index contributed by atoms with van der Waals surface area (Å²) < 4.78 is 54.1. The number of halogens is 15. The standard InChI is InChI=1S/C20H18BrIN2O3.C10H7BrIN3O2.C10H7BrINO2.C10H10Cl2OS.C10H12ClNO.C9H10Cl2O3S.C8H8Cl2O.C7H4BrIO.C3H5N3O2.C2H3O.K.H2S/c1-23(2)19(25)13-6-4-12(5-7-13)11-24-17-9-14(22)8-16(21)15(17)10-18(24)20(26)27-3;1-17-10(16)9(14-15-13)4-6-2-3-7(12)5-8(6)11;1-15-10(14)9-4-6-7(11)2-5(12)3-8(6)13-9;1-7(13)14-5-4-8-2-3-9(11)10(12)6-8;1-12(2)10(13)9-5-3-8(7-11)4-6-9;1-15(12,13)14-5-4-7-2-3-8(10)9(11)6-7;9-7-2-1-6(3-4-11)5-8(7)10;8-7-3-6(9)2-1-5(7)4-10;1-8-3(7)2-5-6-4;1-2-3;;/h4-10H,11H2,1-3H3;2-5H,1H3;2-4,13H,1H3;2-3,6H,4-5H2,1H3;3-6H,7H2,1-2H3;2-3,6H,4-5H2,1H3;1-2,5,11H,3-4H2;1-4H;2H2,1H3;1H3;;1H2/q;;;;;;;;;-1;+1;/p-1/b;9-4-;;;;;;;;;;. The maximum atomic E-state index is 12.3. The summed E-state index contributed by atoms with van der Waals surface area (Å²) in [6.45, 7) is 3.40. The second kappa shape index (κ2) is 70.9. The number of aliphatic hydroxyl groups excluding tert-OH is 1. The summed E-state index contributed by atoms with van der Waals surface area (Å²) in [6, 6.07) is 53.6. The fourth-order valence-electron chi connectivity index (χ4n) is 9.93. The molecule has 9 aromatic carbocycles. The Hall–Kier alpha value is -4.67. The van der Waals surface area contributed by atoms with Crippen LogP contribution in [0, 0.1) is 14.3 Å². The van der Waals surface area contributed by atoms with E-state index in [4.69, 9.17) is 107 Å². The molecule has 0 radical (unpaired) electrons. The molecule has 2 amide bonds. The zero-order chi connectivity index (χ0) is 100. The van der Waals surface area contributed by atoms with Crippen LogP contribution in [0.5, 0.6) is 0 Å². The number of aliphatic hydroxyl groups is 1. The fraction of sp³-hybridized carbons (Fsp3) is 0.225. The van der Waals surface area contributed by atoms with Gasteiger partial charge in [0.15, 0.2) is 11.4 Å². The number of fused-ring (bicyclic) bond motifs is 2. The molecule has 11 aromatic rings. The molecular weight excluding hydrogens is 2690 g/mol. The van der Waals surface area contributed by atoms with Gasteiger partial charge in [-0.2, -0.15) is 15.3 Å². The third-order valence-corrected chi connectivity index (χ3v) is 25.4. The van der Waals surface area contributed by atoms with Crippen molar-refractivity contribution in [3.63, 3.8) is 0 Å². The van der Waals surface area contributed by atoms with Crippen molar-refractivity contribution in [2.45, 2.75) is 45.5 Å². The van der Waals surface area contributed by atoms with Crippen LogP contribution in [0.15, 0.2) is 210 Å². The summed E-state index contributed by atoms with van der Waals surface area (Å²) in [5, 5.41) is 20.1. The number of hydrogen-bond donors (Lipinski definition) is 2. The first kappa shape index (κ1) is 130. The molecule has 0 aliphatic carbocycles. The van der Waals surface area contributed by atoms with Crippen molar-refractivity contribution in [1.82, 2.24) is 19.4 Å². The first-order valence-electron chi connectivity index (χ1n) is 37.6. The number of nitrogens with zero attached hydrogens (tertiary/aromatic N) is 9. The van der Waals surface area contributed by atoms with E-state index in [1.165, 1.54) is 59.5 Å². The van der Waals surface area contributed by atoms with Crippen LogP contribution in [0.3, 0.4) is 0 Å². The van der Waals surface area contributed by atoms with Gasteiger partial charge >= 0.3 is 75.3 Å². The number of H-pyrrole nitrogens is 1. The molecule has 0 fully saturated rings. The number of hydrogen-bond acceptors (Lipinski definition) is 21. The van der Waals surface area contributed by atoms with E-state index >= 15 is 0 Å². The maximum Gasteiger partial charge on any atom is 1.00 e. The molecule has 135 heavy (non-hydrogen) atoms. The van der Waals surface area contributed by atoms with Gasteiger partial charge in [0, 0.05) is 135 Å². The van der Waals surface area contributed by atoms with E-state index in [1.807, 2.05) is 108 Å². The summed E-state index contributed by atoms with van der Waals surface area (Å²) in [5.41, 5.74) is 26.5. The number of aromatic nitrogens is 2. The Balaban J connectivity index is 0.00000152. The molecular formula is C89H85Br4Cl7I4KN10O17S3-. The topological polar surface area (TPSA) is 379 Å². The first-order valence-corrected chi connectivity index (χ1v) is 50.7. The molecule has 11 rings (SSSR count). The Morgan fingerprint density at radius 1 is 0.570 bits per heavy atom. The molecule has 0 saturated carbocycles.